The van der Waals surface area contributed by atoms with Crippen molar-refractivity contribution in [3.8, 4) is 0 Å². The Morgan fingerprint density at radius 2 is 1.18 bits per heavy atom. The molecule has 0 aliphatic rings. The Labute approximate surface area is 170 Å². The molecule has 2 atom stereocenters. The number of aliphatic carboxylic acids is 2. The predicted molar refractivity (Wildman–Crippen MR) is 111 cm³/mol. The molecule has 6 nitrogen and oxygen atoms in total. The molecule has 0 aromatic carbocycles. The standard InChI is InChI=1S/C22H41NO5/c1-17(2)13-11-9-7-5-4-6-8-10-12-14-18(3)21(26)23-19(22(27)28)15-16-20(24)25/h17-19H,4-16H2,1-3H3,(H,23,26)(H,24,25)(H,27,28)/t18-,19+/m1/s1. The summed E-state index contributed by atoms with van der Waals surface area (Å²) in [6.07, 6.45) is 12.8. The Morgan fingerprint density at radius 3 is 1.61 bits per heavy atom. The molecule has 3 N–H and O–H groups in total. The fourth-order valence-electron chi connectivity index (χ4n) is 3.21. The molecule has 164 valence electrons. The SMILES string of the molecule is CC(C)CCCCCCCCCCC[C@@H](C)C(=O)N[C@@H](CCC(=O)O)C(=O)O. The molecule has 0 radical (unpaired) electrons. The summed E-state index contributed by atoms with van der Waals surface area (Å²) < 4.78 is 0. The second-order valence-electron chi connectivity index (χ2n) is 8.39. The van der Waals surface area contributed by atoms with Crippen molar-refractivity contribution in [3.63, 3.8) is 0 Å². The highest BCUT2D eigenvalue weighted by Crippen LogP contribution is 2.15. The van der Waals surface area contributed by atoms with Crippen molar-refractivity contribution in [1.29, 1.82) is 0 Å². The van der Waals surface area contributed by atoms with Crippen LogP contribution in [0.4, 0.5) is 0 Å². The third kappa shape index (κ3) is 15.5. The fourth-order valence-corrected chi connectivity index (χ4v) is 3.21. The van der Waals surface area contributed by atoms with Crippen molar-refractivity contribution >= 4 is 17.8 Å². The summed E-state index contributed by atoms with van der Waals surface area (Å²) in [5.41, 5.74) is 0. The van der Waals surface area contributed by atoms with Gasteiger partial charge in [0, 0.05) is 12.3 Å². The topological polar surface area (TPSA) is 104 Å². The molecule has 0 saturated carbocycles. The van der Waals surface area contributed by atoms with E-state index >= 15 is 0 Å². The van der Waals surface area contributed by atoms with Crippen LogP contribution < -0.4 is 5.32 Å². The lowest BCUT2D eigenvalue weighted by Gasteiger charge is -2.17. The zero-order valence-corrected chi connectivity index (χ0v) is 18.0. The van der Waals surface area contributed by atoms with Crippen LogP contribution in [-0.4, -0.2) is 34.1 Å². The molecular formula is C22H41NO5. The number of unbranched alkanes of at least 4 members (excludes halogenated alkanes) is 8. The van der Waals surface area contributed by atoms with Crippen molar-refractivity contribution in [2.45, 2.75) is 110 Å². The highest BCUT2D eigenvalue weighted by Gasteiger charge is 2.23. The van der Waals surface area contributed by atoms with E-state index in [1.165, 1.54) is 51.4 Å². The number of carboxylic acids is 2. The highest BCUT2D eigenvalue weighted by atomic mass is 16.4. The molecule has 1 amide bonds. The van der Waals surface area contributed by atoms with Gasteiger partial charge in [-0.15, -0.1) is 0 Å². The van der Waals surface area contributed by atoms with Gasteiger partial charge >= 0.3 is 11.9 Å². The van der Waals surface area contributed by atoms with Crippen LogP contribution in [0.3, 0.4) is 0 Å². The first-order chi connectivity index (χ1) is 13.2. The Hall–Kier alpha value is -1.59. The van der Waals surface area contributed by atoms with Crippen LogP contribution in [0.1, 0.15) is 104 Å². The van der Waals surface area contributed by atoms with E-state index < -0.39 is 18.0 Å². The van der Waals surface area contributed by atoms with Crippen LogP contribution in [-0.2, 0) is 14.4 Å². The van der Waals surface area contributed by atoms with E-state index in [1.807, 2.05) is 0 Å². The Balaban J connectivity index is 3.73. The normalized spacial score (nSPS) is 13.3. The molecule has 0 aliphatic heterocycles. The van der Waals surface area contributed by atoms with Crippen LogP contribution in [0, 0.1) is 11.8 Å². The van der Waals surface area contributed by atoms with E-state index in [0.717, 1.165) is 25.2 Å². The van der Waals surface area contributed by atoms with Crippen LogP contribution in [0.25, 0.3) is 0 Å². The molecule has 0 aromatic rings. The second-order valence-corrected chi connectivity index (χ2v) is 8.39. The summed E-state index contributed by atoms with van der Waals surface area (Å²) in [5, 5.41) is 20.2. The second kappa shape index (κ2) is 16.4. The lowest BCUT2D eigenvalue weighted by atomic mass is 9.99. The van der Waals surface area contributed by atoms with Gasteiger partial charge in [-0.3, -0.25) is 9.59 Å². The van der Waals surface area contributed by atoms with Crippen molar-refractivity contribution in [2.75, 3.05) is 0 Å². The Bertz CT molecular complexity index is 450. The zero-order chi connectivity index (χ0) is 21.4. The van der Waals surface area contributed by atoms with Gasteiger partial charge in [0.2, 0.25) is 5.91 Å². The minimum absolute atomic E-state index is 0.0966. The molecule has 0 rings (SSSR count). The van der Waals surface area contributed by atoms with Crippen molar-refractivity contribution < 1.29 is 24.6 Å². The lowest BCUT2D eigenvalue weighted by Crippen LogP contribution is -2.43. The van der Waals surface area contributed by atoms with E-state index in [2.05, 4.69) is 19.2 Å². The molecule has 28 heavy (non-hydrogen) atoms. The average molecular weight is 400 g/mol. The summed E-state index contributed by atoms with van der Waals surface area (Å²) in [7, 11) is 0. The van der Waals surface area contributed by atoms with Gasteiger partial charge in [-0.25, -0.2) is 4.79 Å². The number of carbonyl (C=O) groups is 3. The molecular weight excluding hydrogens is 358 g/mol. The summed E-state index contributed by atoms with van der Waals surface area (Å²) in [6, 6.07) is -1.13. The van der Waals surface area contributed by atoms with Gasteiger partial charge < -0.3 is 15.5 Å². The van der Waals surface area contributed by atoms with Gasteiger partial charge in [-0.1, -0.05) is 85.0 Å². The number of carbonyl (C=O) groups excluding carboxylic acids is 1. The first-order valence-electron chi connectivity index (χ1n) is 11.0. The van der Waals surface area contributed by atoms with Crippen molar-refractivity contribution in [2.24, 2.45) is 11.8 Å². The van der Waals surface area contributed by atoms with Gasteiger partial charge in [0.25, 0.3) is 0 Å². The van der Waals surface area contributed by atoms with Crippen molar-refractivity contribution in [3.05, 3.63) is 0 Å². The van der Waals surface area contributed by atoms with E-state index in [9.17, 15) is 14.4 Å². The predicted octanol–water partition coefficient (Wildman–Crippen LogP) is 5.00. The largest absolute Gasteiger partial charge is 0.481 e. The third-order valence-electron chi connectivity index (χ3n) is 5.13. The highest BCUT2D eigenvalue weighted by molar-refractivity contribution is 5.85. The van der Waals surface area contributed by atoms with Gasteiger partial charge in [0.05, 0.1) is 0 Å². The quantitative estimate of drug-likeness (QED) is 0.281. The molecule has 0 heterocycles. The minimum Gasteiger partial charge on any atom is -0.481 e. The van der Waals surface area contributed by atoms with Gasteiger partial charge in [-0.05, 0) is 18.8 Å². The lowest BCUT2D eigenvalue weighted by molar-refractivity contribution is -0.143. The number of amides is 1. The number of hydrogen-bond acceptors (Lipinski definition) is 3. The number of hydrogen-bond donors (Lipinski definition) is 3. The average Bonchev–Trinajstić information content (AvgIpc) is 2.61. The minimum atomic E-state index is -1.19. The van der Waals surface area contributed by atoms with E-state index in [-0.39, 0.29) is 24.7 Å². The van der Waals surface area contributed by atoms with Crippen molar-refractivity contribution in [1.82, 2.24) is 5.32 Å². The molecule has 0 saturated heterocycles. The van der Waals surface area contributed by atoms with E-state index in [0.29, 0.717) is 0 Å². The number of nitrogens with one attached hydrogen (secondary N) is 1. The summed E-state index contributed by atoms with van der Waals surface area (Å²) >= 11 is 0. The van der Waals surface area contributed by atoms with E-state index in [1.54, 1.807) is 6.92 Å². The van der Waals surface area contributed by atoms with Gasteiger partial charge in [0.15, 0.2) is 0 Å². The maximum atomic E-state index is 12.1. The molecule has 0 unspecified atom stereocenters. The first-order valence-corrected chi connectivity index (χ1v) is 11.0. The Kier molecular flexibility index (Phi) is 15.4. The fraction of sp³-hybridized carbons (Fsp3) is 0.864. The molecule has 0 fully saturated rings. The molecule has 0 aliphatic carbocycles. The van der Waals surface area contributed by atoms with Crippen LogP contribution in [0.5, 0.6) is 0 Å². The number of rotatable bonds is 18. The number of carboxylic acid groups (broad SMARTS) is 2. The maximum Gasteiger partial charge on any atom is 0.326 e. The molecule has 0 bridgehead atoms. The van der Waals surface area contributed by atoms with Crippen LogP contribution in [0.15, 0.2) is 0 Å². The summed E-state index contributed by atoms with van der Waals surface area (Å²) in [4.78, 5) is 33.8. The molecule has 6 heteroatoms. The maximum absolute atomic E-state index is 12.1. The van der Waals surface area contributed by atoms with Crippen LogP contribution >= 0.6 is 0 Å². The molecule has 0 spiro atoms. The first kappa shape index (κ1) is 26.4. The van der Waals surface area contributed by atoms with Gasteiger partial charge in [-0.2, -0.15) is 0 Å². The van der Waals surface area contributed by atoms with Crippen LogP contribution in [0.2, 0.25) is 0 Å². The Morgan fingerprint density at radius 1 is 0.714 bits per heavy atom. The monoisotopic (exact) mass is 399 g/mol. The summed E-state index contributed by atoms with van der Waals surface area (Å²) in [5.74, 6) is -2.01. The molecule has 0 aromatic heterocycles. The third-order valence-corrected chi connectivity index (χ3v) is 5.13. The smallest absolute Gasteiger partial charge is 0.326 e. The van der Waals surface area contributed by atoms with Gasteiger partial charge in [0.1, 0.15) is 6.04 Å². The zero-order valence-electron chi connectivity index (χ0n) is 18.0. The summed E-state index contributed by atoms with van der Waals surface area (Å²) in [6.45, 7) is 6.34. The van der Waals surface area contributed by atoms with E-state index in [4.69, 9.17) is 10.2 Å².